The Morgan fingerprint density at radius 3 is 3.13 bits per heavy atom. The molecule has 0 spiro atoms. The lowest BCUT2D eigenvalue weighted by Gasteiger charge is -2.05. The Labute approximate surface area is 87.9 Å². The Hall–Kier alpha value is -1.97. The number of hydrogen-bond donors (Lipinski definition) is 1. The van der Waals surface area contributed by atoms with Crippen molar-refractivity contribution in [1.82, 2.24) is 4.98 Å². The molecule has 0 aliphatic rings. The van der Waals surface area contributed by atoms with Crippen LogP contribution >= 0.6 is 0 Å². The molecule has 0 fully saturated rings. The Kier molecular flexibility index (Phi) is 2.88. The van der Waals surface area contributed by atoms with E-state index in [1.807, 2.05) is 18.2 Å². The minimum atomic E-state index is 0.604. The van der Waals surface area contributed by atoms with Gasteiger partial charge in [-0.1, -0.05) is 0 Å². The van der Waals surface area contributed by atoms with E-state index in [2.05, 4.69) is 10.3 Å². The summed E-state index contributed by atoms with van der Waals surface area (Å²) in [6, 6.07) is 5.66. The molecule has 78 valence electrons. The van der Waals surface area contributed by atoms with E-state index in [-0.39, 0.29) is 0 Å². The summed E-state index contributed by atoms with van der Waals surface area (Å²) in [6.07, 6.45) is 5.08. The van der Waals surface area contributed by atoms with Crippen LogP contribution in [0.25, 0.3) is 0 Å². The summed E-state index contributed by atoms with van der Waals surface area (Å²) in [4.78, 5) is 4.02. The lowest BCUT2D eigenvalue weighted by Crippen LogP contribution is -1.98. The molecule has 0 aromatic carbocycles. The zero-order chi connectivity index (χ0) is 10.5. The topological polar surface area (TPSA) is 47.3 Å². The van der Waals surface area contributed by atoms with E-state index < -0.39 is 0 Å². The Balaban J connectivity index is 1.98. The molecular weight excluding hydrogens is 192 g/mol. The molecule has 0 unspecified atom stereocenters. The zero-order valence-corrected chi connectivity index (χ0v) is 8.43. The van der Waals surface area contributed by atoms with Crippen LogP contribution in [0.15, 0.2) is 41.3 Å². The lowest BCUT2D eigenvalue weighted by atomic mass is 10.3. The Bertz CT molecular complexity index is 412. The van der Waals surface area contributed by atoms with Gasteiger partial charge in [0.2, 0.25) is 5.88 Å². The largest absolute Gasteiger partial charge is 0.481 e. The highest BCUT2D eigenvalue weighted by atomic mass is 16.5. The monoisotopic (exact) mass is 204 g/mol. The van der Waals surface area contributed by atoms with Crippen molar-refractivity contribution >= 4 is 5.69 Å². The molecule has 1 N–H and O–H groups in total. The molecule has 0 bridgehead atoms. The summed E-state index contributed by atoms with van der Waals surface area (Å²) >= 11 is 0. The van der Waals surface area contributed by atoms with Gasteiger partial charge in [0, 0.05) is 30.1 Å². The number of pyridine rings is 1. The van der Waals surface area contributed by atoms with Crippen molar-refractivity contribution < 1.29 is 9.15 Å². The first-order chi connectivity index (χ1) is 7.38. The molecule has 4 nitrogen and oxygen atoms in total. The number of nitrogens with one attached hydrogen (secondary N) is 1. The van der Waals surface area contributed by atoms with Crippen LogP contribution in [0.4, 0.5) is 5.69 Å². The van der Waals surface area contributed by atoms with Gasteiger partial charge in [0.25, 0.3) is 0 Å². The average Bonchev–Trinajstić information content (AvgIpc) is 2.79. The fourth-order valence-electron chi connectivity index (χ4n) is 1.23. The standard InChI is InChI=1S/C11H12N2O2/c1-14-11-6-10(2-4-12-11)13-7-9-3-5-15-8-9/h2-6,8H,7H2,1H3,(H,12,13). The van der Waals surface area contributed by atoms with E-state index in [0.29, 0.717) is 5.88 Å². The number of rotatable bonds is 4. The van der Waals surface area contributed by atoms with Crippen LogP contribution in [0.2, 0.25) is 0 Å². The number of aromatic nitrogens is 1. The maximum atomic E-state index is 5.02. The van der Waals surface area contributed by atoms with Crippen LogP contribution < -0.4 is 10.1 Å². The van der Waals surface area contributed by atoms with Crippen molar-refractivity contribution in [2.24, 2.45) is 0 Å². The van der Waals surface area contributed by atoms with Crippen molar-refractivity contribution in [3.05, 3.63) is 42.5 Å². The molecule has 0 radical (unpaired) electrons. The first-order valence-corrected chi connectivity index (χ1v) is 4.63. The lowest BCUT2D eigenvalue weighted by molar-refractivity contribution is 0.398. The molecular formula is C11H12N2O2. The first kappa shape index (κ1) is 9.58. The summed E-state index contributed by atoms with van der Waals surface area (Å²) in [5.74, 6) is 0.604. The highest BCUT2D eigenvalue weighted by Gasteiger charge is 1.97. The fourth-order valence-corrected chi connectivity index (χ4v) is 1.23. The summed E-state index contributed by atoms with van der Waals surface area (Å²) in [6.45, 7) is 0.726. The van der Waals surface area contributed by atoms with E-state index in [1.54, 1.807) is 25.8 Å². The van der Waals surface area contributed by atoms with Gasteiger partial charge < -0.3 is 14.5 Å². The predicted molar refractivity (Wildman–Crippen MR) is 56.8 cm³/mol. The summed E-state index contributed by atoms with van der Waals surface area (Å²) in [5, 5.41) is 3.24. The Morgan fingerprint density at radius 1 is 1.47 bits per heavy atom. The molecule has 4 heteroatoms. The van der Waals surface area contributed by atoms with Gasteiger partial charge in [-0.3, -0.25) is 0 Å². The fraction of sp³-hybridized carbons (Fsp3) is 0.182. The summed E-state index contributed by atoms with van der Waals surface area (Å²) < 4.78 is 9.99. The van der Waals surface area contributed by atoms with E-state index in [1.165, 1.54) is 0 Å². The molecule has 15 heavy (non-hydrogen) atoms. The molecule has 2 aromatic heterocycles. The third kappa shape index (κ3) is 2.49. The van der Waals surface area contributed by atoms with E-state index in [4.69, 9.17) is 9.15 Å². The normalized spacial score (nSPS) is 9.93. The third-order valence-electron chi connectivity index (χ3n) is 2.02. The first-order valence-electron chi connectivity index (χ1n) is 4.63. The van der Waals surface area contributed by atoms with E-state index >= 15 is 0 Å². The van der Waals surface area contributed by atoms with Crippen molar-refractivity contribution in [2.45, 2.75) is 6.54 Å². The van der Waals surface area contributed by atoms with Crippen molar-refractivity contribution in [3.8, 4) is 5.88 Å². The van der Waals surface area contributed by atoms with E-state index in [0.717, 1.165) is 17.8 Å². The van der Waals surface area contributed by atoms with Crippen LogP contribution in [0.1, 0.15) is 5.56 Å². The van der Waals surface area contributed by atoms with Gasteiger partial charge in [-0.15, -0.1) is 0 Å². The van der Waals surface area contributed by atoms with Crippen LogP contribution in [0, 0.1) is 0 Å². The molecule has 0 saturated carbocycles. The predicted octanol–water partition coefficient (Wildman–Crippen LogP) is 2.30. The summed E-state index contributed by atoms with van der Waals surface area (Å²) in [7, 11) is 1.60. The second-order valence-corrected chi connectivity index (χ2v) is 3.07. The molecule has 0 amide bonds. The van der Waals surface area contributed by atoms with Gasteiger partial charge in [-0.25, -0.2) is 4.98 Å². The second-order valence-electron chi connectivity index (χ2n) is 3.07. The maximum Gasteiger partial charge on any atom is 0.214 e. The molecule has 2 rings (SSSR count). The van der Waals surface area contributed by atoms with Crippen molar-refractivity contribution in [1.29, 1.82) is 0 Å². The van der Waals surface area contributed by atoms with Gasteiger partial charge in [-0.2, -0.15) is 0 Å². The van der Waals surface area contributed by atoms with Gasteiger partial charge in [0.15, 0.2) is 0 Å². The number of furan rings is 1. The highest BCUT2D eigenvalue weighted by molar-refractivity contribution is 5.45. The number of nitrogens with zero attached hydrogens (tertiary/aromatic N) is 1. The SMILES string of the molecule is COc1cc(NCc2ccoc2)ccn1. The van der Waals surface area contributed by atoms with Gasteiger partial charge in [0.05, 0.1) is 19.6 Å². The molecule has 0 saturated heterocycles. The average molecular weight is 204 g/mol. The van der Waals surface area contributed by atoms with Crippen LogP contribution in [-0.4, -0.2) is 12.1 Å². The number of hydrogen-bond acceptors (Lipinski definition) is 4. The van der Waals surface area contributed by atoms with Gasteiger partial charge in [-0.05, 0) is 12.1 Å². The van der Waals surface area contributed by atoms with Crippen molar-refractivity contribution in [3.63, 3.8) is 0 Å². The third-order valence-corrected chi connectivity index (χ3v) is 2.02. The number of ether oxygens (including phenoxy) is 1. The van der Waals surface area contributed by atoms with Crippen LogP contribution in [0.5, 0.6) is 5.88 Å². The molecule has 0 aliphatic heterocycles. The zero-order valence-electron chi connectivity index (χ0n) is 8.43. The maximum absolute atomic E-state index is 5.02. The summed E-state index contributed by atoms with van der Waals surface area (Å²) in [5.41, 5.74) is 2.08. The van der Waals surface area contributed by atoms with E-state index in [9.17, 15) is 0 Å². The quantitative estimate of drug-likeness (QED) is 0.830. The molecule has 0 atom stereocenters. The number of methoxy groups -OCH3 is 1. The minimum absolute atomic E-state index is 0.604. The Morgan fingerprint density at radius 2 is 2.40 bits per heavy atom. The second kappa shape index (κ2) is 4.50. The minimum Gasteiger partial charge on any atom is -0.481 e. The molecule has 0 aliphatic carbocycles. The van der Waals surface area contributed by atoms with Crippen LogP contribution in [-0.2, 0) is 6.54 Å². The molecule has 2 aromatic rings. The smallest absolute Gasteiger partial charge is 0.214 e. The number of anilines is 1. The molecule has 2 heterocycles. The van der Waals surface area contributed by atoms with Gasteiger partial charge >= 0.3 is 0 Å². The highest BCUT2D eigenvalue weighted by Crippen LogP contribution is 2.14. The van der Waals surface area contributed by atoms with Gasteiger partial charge in [0.1, 0.15) is 0 Å². The van der Waals surface area contributed by atoms with Crippen molar-refractivity contribution in [2.75, 3.05) is 12.4 Å². The van der Waals surface area contributed by atoms with Crippen LogP contribution in [0.3, 0.4) is 0 Å².